The molecule has 0 aliphatic carbocycles. The number of amides is 1. The molecule has 1 aliphatic rings. The monoisotopic (exact) mass is 329 g/mol. The topological polar surface area (TPSA) is 161 Å². The second kappa shape index (κ2) is 8.33. The molecule has 0 fully saturated rings. The Labute approximate surface area is 132 Å². The predicted octanol–water partition coefficient (Wildman–Crippen LogP) is -2.90. The van der Waals surface area contributed by atoms with E-state index in [1.165, 1.54) is 13.0 Å². The van der Waals surface area contributed by atoms with E-state index in [0.29, 0.717) is 0 Å². The highest BCUT2D eigenvalue weighted by atomic mass is 16.6. The van der Waals surface area contributed by atoms with Gasteiger partial charge in [-0.05, 0) is 6.08 Å². The van der Waals surface area contributed by atoms with Gasteiger partial charge in [0.05, 0.1) is 25.8 Å². The summed E-state index contributed by atoms with van der Waals surface area (Å²) >= 11 is 0. The van der Waals surface area contributed by atoms with Gasteiger partial charge in [-0.2, -0.15) is 5.26 Å². The number of carbonyl (C=O) groups is 2. The standard InChI is InChI=1S/C13H19N3O7/c1-6(18)16-10-7(15-5-14)3-9(13(21)22-2)23-12(10)11(20)8(19)4-17/h3,7-8,10-12,15,17,19-20H,4H2,1-2H3,(H,16,18)/t7-,8+,10+,11+,12+/m0/s1. The zero-order valence-electron chi connectivity index (χ0n) is 12.6. The summed E-state index contributed by atoms with van der Waals surface area (Å²) < 4.78 is 9.84. The molecule has 0 saturated carbocycles. The maximum atomic E-state index is 11.6. The average Bonchev–Trinajstić information content (AvgIpc) is 2.53. The number of rotatable bonds is 6. The Morgan fingerprint density at radius 3 is 2.65 bits per heavy atom. The number of nitrogens with one attached hydrogen (secondary N) is 2. The van der Waals surface area contributed by atoms with E-state index in [0.717, 1.165) is 7.11 Å². The quantitative estimate of drug-likeness (QED) is 0.195. The first kappa shape index (κ1) is 18.7. The lowest BCUT2D eigenvalue weighted by molar-refractivity contribution is -0.149. The minimum absolute atomic E-state index is 0.295. The summed E-state index contributed by atoms with van der Waals surface area (Å²) in [5.74, 6) is -1.63. The second-order valence-corrected chi connectivity index (χ2v) is 4.85. The van der Waals surface area contributed by atoms with Crippen molar-refractivity contribution in [1.29, 1.82) is 5.26 Å². The Hall–Kier alpha value is -2.35. The van der Waals surface area contributed by atoms with Crippen LogP contribution in [0.2, 0.25) is 0 Å². The number of methoxy groups -OCH3 is 1. The van der Waals surface area contributed by atoms with E-state index in [1.54, 1.807) is 6.19 Å². The maximum absolute atomic E-state index is 11.6. The summed E-state index contributed by atoms with van der Waals surface area (Å²) in [5, 5.41) is 42.4. The van der Waals surface area contributed by atoms with Gasteiger partial charge >= 0.3 is 5.97 Å². The van der Waals surface area contributed by atoms with Crippen molar-refractivity contribution in [2.75, 3.05) is 13.7 Å². The molecule has 0 saturated heterocycles. The molecule has 1 rings (SSSR count). The van der Waals surface area contributed by atoms with Crippen molar-refractivity contribution in [2.24, 2.45) is 0 Å². The molecule has 1 aliphatic heterocycles. The summed E-state index contributed by atoms with van der Waals surface area (Å²) in [7, 11) is 1.12. The number of carbonyl (C=O) groups excluding carboxylic acids is 2. The Bertz CT molecular complexity index is 516. The van der Waals surface area contributed by atoms with Crippen LogP contribution >= 0.6 is 0 Å². The van der Waals surface area contributed by atoms with E-state index in [1.807, 2.05) is 0 Å². The van der Waals surface area contributed by atoms with Crippen molar-refractivity contribution >= 4 is 11.9 Å². The average molecular weight is 329 g/mol. The number of esters is 1. The largest absolute Gasteiger partial charge is 0.478 e. The van der Waals surface area contributed by atoms with Crippen LogP contribution in [0.25, 0.3) is 0 Å². The molecule has 128 valence electrons. The summed E-state index contributed by atoms with van der Waals surface area (Å²) in [6.45, 7) is 0.455. The highest BCUT2D eigenvalue weighted by molar-refractivity contribution is 5.86. The SMILES string of the molecule is COC(=O)C1=C[C@H](NC#N)[C@@H](NC(C)=O)[C@H]([C@H](O)[C@H](O)CO)O1. The third-order valence-electron chi connectivity index (χ3n) is 3.24. The number of nitrogens with zero attached hydrogens (tertiary/aromatic N) is 1. The third-order valence-corrected chi connectivity index (χ3v) is 3.24. The first-order valence-corrected chi connectivity index (χ1v) is 6.71. The molecule has 0 aromatic carbocycles. The minimum atomic E-state index is -1.63. The van der Waals surface area contributed by atoms with Crippen molar-refractivity contribution in [3.05, 3.63) is 11.8 Å². The third kappa shape index (κ3) is 4.56. The lowest BCUT2D eigenvalue weighted by atomic mass is 9.92. The molecule has 5 N–H and O–H groups in total. The Morgan fingerprint density at radius 1 is 1.52 bits per heavy atom. The molecule has 0 radical (unpaired) electrons. The van der Waals surface area contributed by atoms with Crippen LogP contribution in [0, 0.1) is 11.5 Å². The minimum Gasteiger partial charge on any atom is -0.478 e. The molecule has 10 heteroatoms. The fraction of sp³-hybridized carbons (Fsp3) is 0.615. The summed E-state index contributed by atoms with van der Waals surface area (Å²) in [6.07, 6.45) is -1.60. The van der Waals surface area contributed by atoms with Crippen LogP contribution in [0.4, 0.5) is 0 Å². The van der Waals surface area contributed by atoms with Gasteiger partial charge in [0, 0.05) is 6.92 Å². The number of aliphatic hydroxyl groups is 3. The van der Waals surface area contributed by atoms with Crippen molar-refractivity contribution in [3.8, 4) is 6.19 Å². The van der Waals surface area contributed by atoms with E-state index in [4.69, 9.17) is 15.1 Å². The highest BCUT2D eigenvalue weighted by Crippen LogP contribution is 2.23. The van der Waals surface area contributed by atoms with Gasteiger partial charge in [-0.3, -0.25) is 4.79 Å². The molecular weight excluding hydrogens is 310 g/mol. The smallest absolute Gasteiger partial charge is 0.373 e. The van der Waals surface area contributed by atoms with Gasteiger partial charge in [-0.15, -0.1) is 0 Å². The Morgan fingerprint density at radius 2 is 2.17 bits per heavy atom. The molecule has 1 heterocycles. The van der Waals surface area contributed by atoms with Gasteiger partial charge in [-0.1, -0.05) is 0 Å². The first-order chi connectivity index (χ1) is 10.8. The van der Waals surface area contributed by atoms with E-state index < -0.39 is 48.9 Å². The van der Waals surface area contributed by atoms with Crippen molar-refractivity contribution in [2.45, 2.75) is 37.3 Å². The fourth-order valence-electron chi connectivity index (χ4n) is 2.17. The van der Waals surface area contributed by atoms with E-state index in [9.17, 15) is 19.8 Å². The number of aliphatic hydroxyl groups excluding tert-OH is 3. The van der Waals surface area contributed by atoms with Gasteiger partial charge in [-0.25, -0.2) is 4.79 Å². The van der Waals surface area contributed by atoms with Crippen LogP contribution < -0.4 is 10.6 Å². The van der Waals surface area contributed by atoms with Crippen LogP contribution in [-0.4, -0.2) is 71.3 Å². The fourth-order valence-corrected chi connectivity index (χ4v) is 2.17. The van der Waals surface area contributed by atoms with E-state index in [-0.39, 0.29) is 5.76 Å². The molecule has 5 atom stereocenters. The van der Waals surface area contributed by atoms with E-state index in [2.05, 4.69) is 15.4 Å². The Kier molecular flexibility index (Phi) is 6.77. The van der Waals surface area contributed by atoms with Crippen LogP contribution in [-0.2, 0) is 19.1 Å². The zero-order chi connectivity index (χ0) is 17.6. The summed E-state index contributed by atoms with van der Waals surface area (Å²) in [5.41, 5.74) is 0. The molecule has 0 unspecified atom stereocenters. The van der Waals surface area contributed by atoms with Crippen LogP contribution in [0.15, 0.2) is 11.8 Å². The number of hydrogen-bond donors (Lipinski definition) is 5. The highest BCUT2D eigenvalue weighted by Gasteiger charge is 2.43. The number of ether oxygens (including phenoxy) is 2. The van der Waals surface area contributed by atoms with Crippen LogP contribution in [0.3, 0.4) is 0 Å². The lowest BCUT2D eigenvalue weighted by Crippen LogP contribution is -2.62. The lowest BCUT2D eigenvalue weighted by Gasteiger charge is -2.39. The van der Waals surface area contributed by atoms with E-state index >= 15 is 0 Å². The van der Waals surface area contributed by atoms with Crippen molar-refractivity contribution < 1.29 is 34.4 Å². The van der Waals surface area contributed by atoms with Gasteiger partial charge in [0.2, 0.25) is 11.7 Å². The number of nitriles is 1. The maximum Gasteiger partial charge on any atom is 0.373 e. The zero-order valence-corrected chi connectivity index (χ0v) is 12.6. The molecule has 23 heavy (non-hydrogen) atoms. The normalized spacial score (nSPS) is 25.9. The second-order valence-electron chi connectivity index (χ2n) is 4.85. The predicted molar refractivity (Wildman–Crippen MR) is 74.2 cm³/mol. The summed E-state index contributed by atoms with van der Waals surface area (Å²) in [4.78, 5) is 23.0. The van der Waals surface area contributed by atoms with Gasteiger partial charge < -0.3 is 35.4 Å². The molecule has 0 aromatic rings. The van der Waals surface area contributed by atoms with Gasteiger partial charge in [0.1, 0.15) is 18.3 Å². The molecule has 10 nitrogen and oxygen atoms in total. The Balaban J connectivity index is 3.21. The molecular formula is C13H19N3O7. The van der Waals surface area contributed by atoms with Crippen molar-refractivity contribution in [3.63, 3.8) is 0 Å². The van der Waals surface area contributed by atoms with Crippen molar-refractivity contribution in [1.82, 2.24) is 10.6 Å². The first-order valence-electron chi connectivity index (χ1n) is 6.71. The molecule has 0 spiro atoms. The molecule has 0 bridgehead atoms. The van der Waals surface area contributed by atoms with Crippen LogP contribution in [0.1, 0.15) is 6.92 Å². The van der Waals surface area contributed by atoms with Gasteiger partial charge in [0.25, 0.3) is 0 Å². The molecule has 1 amide bonds. The number of hydrogen-bond acceptors (Lipinski definition) is 9. The van der Waals surface area contributed by atoms with Gasteiger partial charge in [0.15, 0.2) is 6.19 Å². The molecule has 0 aromatic heterocycles. The van der Waals surface area contributed by atoms with Crippen LogP contribution in [0.5, 0.6) is 0 Å². The summed E-state index contributed by atoms with van der Waals surface area (Å²) in [6, 6.07) is -1.87.